The molecule has 3 rings (SSSR count). The summed E-state index contributed by atoms with van der Waals surface area (Å²) in [5.41, 5.74) is 0. The number of aliphatic imine (C=N–C) groups is 1. The number of allylic oxidation sites excluding steroid dienone is 2. The molecule has 0 aromatic heterocycles. The van der Waals surface area contributed by atoms with Crippen molar-refractivity contribution in [1.29, 1.82) is 0 Å². The molecular formula is C23H39N5O2. The fourth-order valence-electron chi connectivity index (χ4n) is 5.65. The number of guanidine groups is 1. The Morgan fingerprint density at radius 1 is 1.13 bits per heavy atom. The Bertz CT molecular complexity index is 655. The van der Waals surface area contributed by atoms with Gasteiger partial charge in [0.15, 0.2) is 5.96 Å². The number of carbonyl (C=O) groups excluding carboxylic acids is 2. The highest BCUT2D eigenvalue weighted by Gasteiger charge is 2.58. The van der Waals surface area contributed by atoms with Crippen molar-refractivity contribution in [3.63, 3.8) is 0 Å². The largest absolute Gasteiger partial charge is 0.356 e. The second kappa shape index (κ2) is 9.94. The van der Waals surface area contributed by atoms with E-state index in [-0.39, 0.29) is 35.5 Å². The van der Waals surface area contributed by atoms with Crippen LogP contribution in [0.5, 0.6) is 0 Å². The third-order valence-electron chi connectivity index (χ3n) is 7.37. The summed E-state index contributed by atoms with van der Waals surface area (Å²) in [4.78, 5) is 33.6. The third kappa shape index (κ3) is 4.41. The summed E-state index contributed by atoms with van der Waals surface area (Å²) in [7, 11) is 6.03. The Balaban J connectivity index is 1.42. The molecule has 1 heterocycles. The number of imide groups is 1. The van der Waals surface area contributed by atoms with Crippen LogP contribution in [0, 0.1) is 29.6 Å². The fourth-order valence-corrected chi connectivity index (χ4v) is 5.65. The second-order valence-corrected chi connectivity index (χ2v) is 9.17. The number of likely N-dealkylation sites (N-methyl/N-ethyl adjacent to an activating group) is 1. The molecule has 1 saturated heterocycles. The van der Waals surface area contributed by atoms with E-state index in [4.69, 9.17) is 0 Å². The Morgan fingerprint density at radius 3 is 2.23 bits per heavy atom. The van der Waals surface area contributed by atoms with Crippen LogP contribution in [0.3, 0.4) is 0 Å². The summed E-state index contributed by atoms with van der Waals surface area (Å²) < 4.78 is 0. The predicted octanol–water partition coefficient (Wildman–Crippen LogP) is 1.72. The van der Waals surface area contributed by atoms with E-state index in [1.165, 1.54) is 4.90 Å². The first-order chi connectivity index (χ1) is 14.4. The first-order valence-corrected chi connectivity index (χ1v) is 11.6. The highest BCUT2D eigenvalue weighted by molar-refractivity contribution is 6.06. The summed E-state index contributed by atoms with van der Waals surface area (Å²) >= 11 is 0. The lowest BCUT2D eigenvalue weighted by molar-refractivity contribution is -0.140. The second-order valence-electron chi connectivity index (χ2n) is 9.17. The summed E-state index contributed by atoms with van der Waals surface area (Å²) in [5.74, 6) is 1.87. The molecule has 2 amide bonds. The Kier molecular flexibility index (Phi) is 7.55. The van der Waals surface area contributed by atoms with Gasteiger partial charge in [-0.15, -0.1) is 0 Å². The maximum absolute atomic E-state index is 12.7. The van der Waals surface area contributed by atoms with Crippen molar-refractivity contribution in [2.45, 2.75) is 45.6 Å². The molecule has 2 aliphatic carbocycles. The van der Waals surface area contributed by atoms with E-state index in [1.807, 2.05) is 0 Å². The van der Waals surface area contributed by atoms with E-state index in [0.29, 0.717) is 25.0 Å². The average molecular weight is 418 g/mol. The number of nitrogens with one attached hydrogen (secondary N) is 2. The zero-order valence-electron chi connectivity index (χ0n) is 19.2. The average Bonchev–Trinajstić information content (AvgIpc) is 3.41. The number of hydrogen-bond acceptors (Lipinski definition) is 4. The summed E-state index contributed by atoms with van der Waals surface area (Å²) in [6.07, 6.45) is 8.30. The van der Waals surface area contributed by atoms with Crippen LogP contribution >= 0.6 is 0 Å². The van der Waals surface area contributed by atoms with Crippen LogP contribution in [0.2, 0.25) is 0 Å². The maximum atomic E-state index is 12.7. The van der Waals surface area contributed by atoms with Crippen molar-refractivity contribution in [1.82, 2.24) is 20.4 Å². The molecule has 2 bridgehead atoms. The van der Waals surface area contributed by atoms with E-state index >= 15 is 0 Å². The van der Waals surface area contributed by atoms with Crippen molar-refractivity contribution in [2.75, 3.05) is 40.8 Å². The van der Waals surface area contributed by atoms with Crippen molar-refractivity contribution in [2.24, 2.45) is 34.6 Å². The first-order valence-electron chi connectivity index (χ1n) is 11.6. The van der Waals surface area contributed by atoms with Crippen LogP contribution in [-0.2, 0) is 9.59 Å². The Labute approximate surface area is 181 Å². The van der Waals surface area contributed by atoms with Crippen molar-refractivity contribution in [3.05, 3.63) is 12.2 Å². The van der Waals surface area contributed by atoms with Crippen LogP contribution in [-0.4, -0.2) is 74.4 Å². The standard InChI is InChI=1S/C23H39N5O2/c1-6-15(7-2)18(27(4)5)14-26-23(24-3)25-11-8-12-28-21(29)19-16-9-10-17(13-16)20(19)22(28)30/h9-10,15-20H,6-8,11-14H2,1-5H3,(H2,24,25,26). The number of carbonyl (C=O) groups is 2. The van der Waals surface area contributed by atoms with Gasteiger partial charge in [0, 0.05) is 32.7 Å². The molecule has 7 heteroatoms. The smallest absolute Gasteiger partial charge is 0.233 e. The molecule has 1 aliphatic heterocycles. The van der Waals surface area contributed by atoms with Crippen molar-refractivity contribution < 1.29 is 9.59 Å². The molecule has 2 N–H and O–H groups in total. The number of nitrogens with zero attached hydrogens (tertiary/aromatic N) is 3. The normalized spacial score (nSPS) is 28.8. The Hall–Kier alpha value is -1.89. The van der Waals surface area contributed by atoms with Crippen LogP contribution in [0.4, 0.5) is 0 Å². The number of likely N-dealkylation sites (tertiary alicyclic amines) is 1. The van der Waals surface area contributed by atoms with Gasteiger partial charge >= 0.3 is 0 Å². The molecule has 3 aliphatic rings. The van der Waals surface area contributed by atoms with E-state index in [1.54, 1.807) is 7.05 Å². The molecule has 2 fully saturated rings. The predicted molar refractivity (Wildman–Crippen MR) is 120 cm³/mol. The van der Waals surface area contributed by atoms with E-state index in [9.17, 15) is 9.59 Å². The molecule has 0 aromatic rings. The molecule has 0 spiro atoms. The number of fused-ring (bicyclic) bond motifs is 5. The van der Waals surface area contributed by atoms with Gasteiger partial charge in [-0.05, 0) is 44.7 Å². The monoisotopic (exact) mass is 417 g/mol. The zero-order valence-corrected chi connectivity index (χ0v) is 19.2. The Morgan fingerprint density at radius 2 is 1.73 bits per heavy atom. The van der Waals surface area contributed by atoms with Crippen molar-refractivity contribution in [3.8, 4) is 0 Å². The van der Waals surface area contributed by atoms with Gasteiger partial charge in [-0.3, -0.25) is 19.5 Å². The quantitative estimate of drug-likeness (QED) is 0.186. The van der Waals surface area contributed by atoms with Gasteiger partial charge in [-0.25, -0.2) is 0 Å². The molecule has 7 nitrogen and oxygen atoms in total. The first kappa shape index (κ1) is 22.8. The molecule has 30 heavy (non-hydrogen) atoms. The minimum absolute atomic E-state index is 0.0448. The highest BCUT2D eigenvalue weighted by Crippen LogP contribution is 2.52. The van der Waals surface area contributed by atoms with Gasteiger partial charge in [0.05, 0.1) is 11.8 Å². The van der Waals surface area contributed by atoms with Crippen LogP contribution in [0.15, 0.2) is 17.1 Å². The molecule has 0 aromatic carbocycles. The topological polar surface area (TPSA) is 77.0 Å². The molecule has 0 radical (unpaired) electrons. The lowest BCUT2D eigenvalue weighted by atomic mass is 9.85. The molecule has 5 atom stereocenters. The summed E-state index contributed by atoms with van der Waals surface area (Å²) in [5, 5.41) is 6.77. The van der Waals surface area contributed by atoms with Gasteiger partial charge in [-0.2, -0.15) is 0 Å². The molecular weight excluding hydrogens is 378 g/mol. The van der Waals surface area contributed by atoms with Gasteiger partial charge < -0.3 is 15.5 Å². The lowest BCUT2D eigenvalue weighted by Gasteiger charge is -2.32. The van der Waals surface area contributed by atoms with Crippen LogP contribution in [0.25, 0.3) is 0 Å². The zero-order chi connectivity index (χ0) is 21.8. The number of amides is 2. The SMILES string of the molecule is CCC(CC)C(CNC(=NC)NCCCN1C(=O)C2C3C=CC(C3)C2C1=O)N(C)C. The number of rotatable bonds is 10. The van der Waals surface area contributed by atoms with E-state index < -0.39 is 0 Å². The van der Waals surface area contributed by atoms with Gasteiger partial charge in [0.1, 0.15) is 0 Å². The minimum atomic E-state index is -0.0945. The fraction of sp³-hybridized carbons (Fsp3) is 0.783. The van der Waals surface area contributed by atoms with Crippen molar-refractivity contribution >= 4 is 17.8 Å². The van der Waals surface area contributed by atoms with Gasteiger partial charge in [0.25, 0.3) is 0 Å². The highest BCUT2D eigenvalue weighted by atomic mass is 16.2. The van der Waals surface area contributed by atoms with Crippen LogP contribution in [0.1, 0.15) is 39.5 Å². The van der Waals surface area contributed by atoms with Gasteiger partial charge in [-0.1, -0.05) is 38.8 Å². The number of hydrogen-bond donors (Lipinski definition) is 2. The summed E-state index contributed by atoms with van der Waals surface area (Å²) in [6.45, 7) is 6.49. The molecule has 168 valence electrons. The minimum Gasteiger partial charge on any atom is -0.356 e. The lowest BCUT2D eigenvalue weighted by Crippen LogP contribution is -2.48. The van der Waals surface area contributed by atoms with E-state index in [0.717, 1.165) is 38.2 Å². The van der Waals surface area contributed by atoms with E-state index in [2.05, 4.69) is 60.6 Å². The summed E-state index contributed by atoms with van der Waals surface area (Å²) in [6, 6.07) is 0.446. The third-order valence-corrected chi connectivity index (χ3v) is 7.37. The van der Waals surface area contributed by atoms with Crippen LogP contribution < -0.4 is 10.6 Å². The van der Waals surface area contributed by atoms with Gasteiger partial charge in [0.2, 0.25) is 11.8 Å². The molecule has 5 unspecified atom stereocenters. The maximum Gasteiger partial charge on any atom is 0.233 e. The molecule has 1 saturated carbocycles.